The number of aromatic nitrogens is 2. The normalized spacial score (nSPS) is 14.4. The maximum Gasteiger partial charge on any atom is 0.270 e. The Balaban J connectivity index is 1.66. The van der Waals surface area contributed by atoms with Crippen LogP contribution in [0.3, 0.4) is 0 Å². The minimum Gasteiger partial charge on any atom is -0.508 e. The zero-order valence-electron chi connectivity index (χ0n) is 16.8. The highest BCUT2D eigenvalue weighted by molar-refractivity contribution is 6.30. The molecule has 156 valence electrons. The molecule has 1 N–H and O–H groups in total. The molecule has 0 aliphatic carbocycles. The van der Waals surface area contributed by atoms with Crippen molar-refractivity contribution in [1.29, 1.82) is 10.5 Å². The lowest BCUT2D eigenvalue weighted by Crippen LogP contribution is -2.47. The first-order valence-electron chi connectivity index (χ1n) is 9.71. The van der Waals surface area contributed by atoms with Crippen LogP contribution >= 0.6 is 11.6 Å². The molecule has 9 heteroatoms. The van der Waals surface area contributed by atoms with Crippen LogP contribution < -0.4 is 10.5 Å². The summed E-state index contributed by atoms with van der Waals surface area (Å²) in [7, 11) is 1.60. The molecule has 3 heterocycles. The second kappa shape index (κ2) is 8.27. The number of rotatable bonds is 3. The summed E-state index contributed by atoms with van der Waals surface area (Å²) in [5.74, 6) is 0.160. The van der Waals surface area contributed by atoms with Crippen LogP contribution in [0.15, 0.2) is 35.1 Å². The Labute approximate surface area is 183 Å². The van der Waals surface area contributed by atoms with Gasteiger partial charge in [-0.1, -0.05) is 17.7 Å². The van der Waals surface area contributed by atoms with Crippen molar-refractivity contribution in [3.63, 3.8) is 0 Å². The number of aryl methyl sites for hydroxylation is 1. The van der Waals surface area contributed by atoms with E-state index in [1.165, 1.54) is 10.6 Å². The fourth-order valence-electron chi connectivity index (χ4n) is 3.91. The standard InChI is InChI=1S/C22H19ClN6O2/c1-27-18-5-4-16(11-24)26-20(18)21(17(12-25)22(27)31)29-8-6-28(7-9-29)13-14-2-3-15(23)10-19(14)30/h2-5,10,30H,6-9,13H2,1H3. The minimum atomic E-state index is -0.384. The average molecular weight is 435 g/mol. The summed E-state index contributed by atoms with van der Waals surface area (Å²) in [5, 5.41) is 29.6. The number of aromatic hydroxyl groups is 1. The third-order valence-corrected chi connectivity index (χ3v) is 5.81. The van der Waals surface area contributed by atoms with Crippen molar-refractivity contribution in [2.45, 2.75) is 6.54 Å². The first-order chi connectivity index (χ1) is 14.9. The first-order valence-corrected chi connectivity index (χ1v) is 10.1. The van der Waals surface area contributed by atoms with E-state index < -0.39 is 0 Å². The molecule has 4 rings (SSSR count). The number of phenolic OH excluding ortho intramolecular Hbond substituents is 1. The Hall–Kier alpha value is -3.59. The molecular formula is C22H19ClN6O2. The number of halogens is 1. The molecule has 8 nitrogen and oxygen atoms in total. The number of pyridine rings is 2. The molecule has 0 spiro atoms. The Kier molecular flexibility index (Phi) is 5.51. The first kappa shape index (κ1) is 20.7. The monoisotopic (exact) mass is 434 g/mol. The molecule has 1 aromatic carbocycles. The Morgan fingerprint density at radius 3 is 2.52 bits per heavy atom. The smallest absolute Gasteiger partial charge is 0.270 e. The van der Waals surface area contributed by atoms with Gasteiger partial charge in [0.1, 0.15) is 34.7 Å². The highest BCUT2D eigenvalue weighted by atomic mass is 35.5. The van der Waals surface area contributed by atoms with Gasteiger partial charge in [0.15, 0.2) is 0 Å². The number of phenols is 1. The molecule has 0 bridgehead atoms. The maximum absolute atomic E-state index is 12.8. The largest absolute Gasteiger partial charge is 0.508 e. The quantitative estimate of drug-likeness (QED) is 0.673. The van der Waals surface area contributed by atoms with Gasteiger partial charge in [-0.25, -0.2) is 4.98 Å². The van der Waals surface area contributed by atoms with Crippen LogP contribution in [0.4, 0.5) is 5.69 Å². The maximum atomic E-state index is 12.8. The van der Waals surface area contributed by atoms with Crippen LogP contribution in [0.1, 0.15) is 16.8 Å². The lowest BCUT2D eigenvalue weighted by molar-refractivity contribution is 0.247. The van der Waals surface area contributed by atoms with Crippen LogP contribution in [0.5, 0.6) is 5.75 Å². The highest BCUT2D eigenvalue weighted by Gasteiger charge is 2.25. The van der Waals surface area contributed by atoms with Crippen LogP contribution in [0.2, 0.25) is 5.02 Å². The average Bonchev–Trinajstić information content (AvgIpc) is 2.78. The second-order valence-electron chi connectivity index (χ2n) is 7.41. The van der Waals surface area contributed by atoms with Crippen molar-refractivity contribution in [1.82, 2.24) is 14.5 Å². The third kappa shape index (κ3) is 3.79. The van der Waals surface area contributed by atoms with E-state index in [0.717, 1.165) is 5.56 Å². The molecular weight excluding hydrogens is 416 g/mol. The molecule has 1 aliphatic heterocycles. The Morgan fingerprint density at radius 1 is 1.13 bits per heavy atom. The van der Waals surface area contributed by atoms with E-state index in [1.54, 1.807) is 31.3 Å². The number of piperazine rings is 1. The summed E-state index contributed by atoms with van der Waals surface area (Å²) in [5.41, 5.74) is 2.19. The summed E-state index contributed by atoms with van der Waals surface area (Å²) in [6, 6.07) is 12.4. The Bertz CT molecular complexity index is 1310. The van der Waals surface area contributed by atoms with Crippen LogP contribution in [0.25, 0.3) is 11.0 Å². The lowest BCUT2D eigenvalue weighted by Gasteiger charge is -2.36. The predicted octanol–water partition coefficient (Wildman–Crippen LogP) is 2.36. The van der Waals surface area contributed by atoms with E-state index in [-0.39, 0.29) is 22.6 Å². The van der Waals surface area contributed by atoms with Crippen molar-refractivity contribution in [3.8, 4) is 17.9 Å². The molecule has 0 atom stereocenters. The van der Waals surface area contributed by atoms with E-state index in [1.807, 2.05) is 17.0 Å². The van der Waals surface area contributed by atoms with Crippen LogP contribution in [0, 0.1) is 22.7 Å². The van der Waals surface area contributed by atoms with Gasteiger partial charge in [-0.2, -0.15) is 10.5 Å². The van der Waals surface area contributed by atoms with Crippen molar-refractivity contribution in [2.75, 3.05) is 31.1 Å². The van der Waals surface area contributed by atoms with Gasteiger partial charge in [-0.15, -0.1) is 0 Å². The SMILES string of the molecule is Cn1c(=O)c(C#N)c(N2CCN(Cc3ccc(Cl)cc3O)CC2)c2nc(C#N)ccc21. The molecule has 0 radical (unpaired) electrons. The molecule has 0 saturated carbocycles. The fourth-order valence-corrected chi connectivity index (χ4v) is 4.07. The number of anilines is 1. The fraction of sp³-hybridized carbons (Fsp3) is 0.273. The lowest BCUT2D eigenvalue weighted by atomic mass is 10.1. The van der Waals surface area contributed by atoms with E-state index in [0.29, 0.717) is 54.5 Å². The topological polar surface area (TPSA) is 109 Å². The highest BCUT2D eigenvalue weighted by Crippen LogP contribution is 2.29. The zero-order valence-corrected chi connectivity index (χ0v) is 17.6. The number of hydrogen-bond acceptors (Lipinski definition) is 7. The molecule has 2 aromatic heterocycles. The zero-order chi connectivity index (χ0) is 22.1. The molecule has 0 unspecified atom stereocenters. The number of benzene rings is 1. The molecule has 31 heavy (non-hydrogen) atoms. The van der Waals surface area contributed by atoms with Gasteiger partial charge in [0, 0.05) is 50.4 Å². The minimum absolute atomic E-state index is 0.0291. The van der Waals surface area contributed by atoms with E-state index in [9.17, 15) is 20.4 Å². The molecule has 1 saturated heterocycles. The van der Waals surface area contributed by atoms with E-state index in [2.05, 4.69) is 9.88 Å². The van der Waals surface area contributed by atoms with Crippen molar-refractivity contribution in [2.24, 2.45) is 7.05 Å². The number of hydrogen-bond donors (Lipinski definition) is 1. The summed E-state index contributed by atoms with van der Waals surface area (Å²) >= 11 is 5.91. The van der Waals surface area contributed by atoms with Crippen molar-refractivity contribution >= 4 is 28.3 Å². The summed E-state index contributed by atoms with van der Waals surface area (Å²) < 4.78 is 1.39. The van der Waals surface area contributed by atoms with Crippen LogP contribution in [-0.2, 0) is 13.6 Å². The van der Waals surface area contributed by atoms with Gasteiger partial charge in [-0.3, -0.25) is 9.69 Å². The van der Waals surface area contributed by atoms with Gasteiger partial charge in [0.25, 0.3) is 5.56 Å². The number of nitriles is 2. The number of nitrogens with zero attached hydrogens (tertiary/aromatic N) is 6. The molecule has 1 aliphatic rings. The second-order valence-corrected chi connectivity index (χ2v) is 7.85. The number of fused-ring (bicyclic) bond motifs is 1. The summed E-state index contributed by atoms with van der Waals surface area (Å²) in [6.07, 6.45) is 0. The Morgan fingerprint density at radius 2 is 1.87 bits per heavy atom. The van der Waals surface area contributed by atoms with Gasteiger partial charge < -0.3 is 14.6 Å². The molecule has 0 amide bonds. The van der Waals surface area contributed by atoms with E-state index in [4.69, 9.17) is 11.6 Å². The van der Waals surface area contributed by atoms with Gasteiger partial charge in [0.05, 0.1) is 11.2 Å². The predicted molar refractivity (Wildman–Crippen MR) is 117 cm³/mol. The van der Waals surface area contributed by atoms with Crippen LogP contribution in [-0.4, -0.2) is 45.7 Å². The summed E-state index contributed by atoms with van der Waals surface area (Å²) in [4.78, 5) is 21.4. The van der Waals surface area contributed by atoms with Gasteiger partial charge in [-0.05, 0) is 24.3 Å². The third-order valence-electron chi connectivity index (χ3n) is 5.57. The van der Waals surface area contributed by atoms with Gasteiger partial charge >= 0.3 is 0 Å². The van der Waals surface area contributed by atoms with E-state index >= 15 is 0 Å². The molecule has 1 fully saturated rings. The van der Waals surface area contributed by atoms with Crippen molar-refractivity contribution < 1.29 is 5.11 Å². The van der Waals surface area contributed by atoms with Gasteiger partial charge in [0.2, 0.25) is 0 Å². The summed E-state index contributed by atoms with van der Waals surface area (Å²) in [6.45, 7) is 3.05. The molecule has 3 aromatic rings. The van der Waals surface area contributed by atoms with Crippen molar-refractivity contribution in [3.05, 3.63) is 62.5 Å².